The molecule has 0 atom stereocenters. The van der Waals surface area contributed by atoms with Crippen LogP contribution >= 0.6 is 0 Å². The maximum atomic E-state index is 12.4. The summed E-state index contributed by atoms with van der Waals surface area (Å²) in [5.41, 5.74) is 7.31. The molecule has 0 spiro atoms. The molecular weight excluding hydrogens is 290 g/mol. The van der Waals surface area contributed by atoms with Crippen molar-refractivity contribution >= 4 is 10.0 Å². The SMILES string of the molecule is NCc1ccc(CS(=O)(=O)N2CCN(CCO)CC2)cc1. The van der Waals surface area contributed by atoms with E-state index < -0.39 is 10.0 Å². The van der Waals surface area contributed by atoms with E-state index in [1.54, 1.807) is 0 Å². The third-order valence-corrected chi connectivity index (χ3v) is 5.60. The van der Waals surface area contributed by atoms with Crippen LogP contribution in [0, 0.1) is 0 Å². The van der Waals surface area contributed by atoms with Gasteiger partial charge in [0.25, 0.3) is 0 Å². The minimum absolute atomic E-state index is 0.0256. The Morgan fingerprint density at radius 2 is 1.62 bits per heavy atom. The number of nitrogens with two attached hydrogens (primary N) is 1. The molecule has 1 heterocycles. The van der Waals surface area contributed by atoms with Crippen LogP contribution in [0.2, 0.25) is 0 Å². The molecule has 0 aromatic heterocycles. The molecule has 2 rings (SSSR count). The van der Waals surface area contributed by atoms with Gasteiger partial charge >= 0.3 is 0 Å². The summed E-state index contributed by atoms with van der Waals surface area (Å²) in [6.45, 7) is 3.50. The summed E-state index contributed by atoms with van der Waals surface area (Å²) < 4.78 is 26.4. The minimum Gasteiger partial charge on any atom is -0.395 e. The van der Waals surface area contributed by atoms with Crippen LogP contribution in [0.5, 0.6) is 0 Å². The van der Waals surface area contributed by atoms with Gasteiger partial charge in [-0.1, -0.05) is 24.3 Å². The number of rotatable bonds is 6. The Kier molecular flexibility index (Phi) is 5.72. The van der Waals surface area contributed by atoms with Crippen LogP contribution in [-0.2, 0) is 22.3 Å². The number of hydrogen-bond donors (Lipinski definition) is 2. The van der Waals surface area contributed by atoms with Crippen molar-refractivity contribution in [3.63, 3.8) is 0 Å². The van der Waals surface area contributed by atoms with Gasteiger partial charge in [-0.15, -0.1) is 0 Å². The Labute approximate surface area is 126 Å². The smallest absolute Gasteiger partial charge is 0.218 e. The van der Waals surface area contributed by atoms with Gasteiger partial charge in [-0.25, -0.2) is 8.42 Å². The normalized spacial score (nSPS) is 18.0. The zero-order chi connectivity index (χ0) is 15.3. The van der Waals surface area contributed by atoms with Gasteiger partial charge in [0.1, 0.15) is 0 Å². The van der Waals surface area contributed by atoms with Crippen molar-refractivity contribution in [1.29, 1.82) is 0 Å². The highest BCUT2D eigenvalue weighted by Crippen LogP contribution is 2.14. The number of β-amino-alcohol motifs (C(OH)–C–C–N with tert-alkyl or cyclic N) is 1. The van der Waals surface area contributed by atoms with Crippen molar-refractivity contribution in [1.82, 2.24) is 9.21 Å². The van der Waals surface area contributed by atoms with Gasteiger partial charge in [-0.05, 0) is 11.1 Å². The largest absolute Gasteiger partial charge is 0.395 e. The van der Waals surface area contributed by atoms with Gasteiger partial charge in [0.15, 0.2) is 0 Å². The lowest BCUT2D eigenvalue weighted by Crippen LogP contribution is -2.49. The Bertz CT molecular complexity index is 537. The van der Waals surface area contributed by atoms with E-state index in [2.05, 4.69) is 4.90 Å². The van der Waals surface area contributed by atoms with Crippen LogP contribution in [0.25, 0.3) is 0 Å². The number of aliphatic hydroxyl groups is 1. The van der Waals surface area contributed by atoms with Gasteiger partial charge < -0.3 is 10.8 Å². The quantitative estimate of drug-likeness (QED) is 0.745. The molecular formula is C14H23N3O3S. The number of piperazine rings is 1. The zero-order valence-corrected chi connectivity index (χ0v) is 12.9. The highest BCUT2D eigenvalue weighted by atomic mass is 32.2. The average Bonchev–Trinajstić information content (AvgIpc) is 2.48. The third kappa shape index (κ3) is 4.49. The fraction of sp³-hybridized carbons (Fsp3) is 0.571. The molecule has 0 saturated carbocycles. The molecule has 1 aliphatic rings. The summed E-state index contributed by atoms with van der Waals surface area (Å²) in [4.78, 5) is 2.07. The first-order chi connectivity index (χ1) is 10.0. The predicted molar refractivity (Wildman–Crippen MR) is 82.1 cm³/mol. The number of aliphatic hydroxyl groups excluding tert-OH is 1. The first-order valence-electron chi connectivity index (χ1n) is 7.14. The highest BCUT2D eigenvalue weighted by Gasteiger charge is 2.26. The lowest BCUT2D eigenvalue weighted by Gasteiger charge is -2.33. The van der Waals surface area contributed by atoms with Crippen molar-refractivity contribution in [3.05, 3.63) is 35.4 Å². The second kappa shape index (κ2) is 7.33. The van der Waals surface area contributed by atoms with Crippen LogP contribution in [0.1, 0.15) is 11.1 Å². The monoisotopic (exact) mass is 313 g/mol. The minimum atomic E-state index is -3.28. The Morgan fingerprint density at radius 3 is 2.14 bits per heavy atom. The molecule has 1 fully saturated rings. The van der Waals surface area contributed by atoms with E-state index in [1.165, 1.54) is 4.31 Å². The summed E-state index contributed by atoms with van der Waals surface area (Å²) in [7, 11) is -3.28. The molecule has 1 aromatic carbocycles. The Morgan fingerprint density at radius 1 is 1.05 bits per heavy atom. The Balaban J connectivity index is 1.95. The van der Waals surface area contributed by atoms with E-state index in [9.17, 15) is 8.42 Å². The molecule has 118 valence electrons. The van der Waals surface area contributed by atoms with Gasteiger partial charge in [0.05, 0.1) is 12.4 Å². The summed E-state index contributed by atoms with van der Waals surface area (Å²) in [5, 5.41) is 8.90. The van der Waals surface area contributed by atoms with Crippen LogP contribution in [-0.4, -0.2) is 62.1 Å². The standard InChI is InChI=1S/C14H23N3O3S/c15-11-13-1-3-14(4-2-13)12-21(19,20)17-7-5-16(6-8-17)9-10-18/h1-4,18H,5-12,15H2. The fourth-order valence-corrected chi connectivity index (χ4v) is 3.96. The van der Waals surface area contributed by atoms with Gasteiger partial charge in [-0.3, -0.25) is 4.90 Å². The number of hydrogen-bond acceptors (Lipinski definition) is 5. The van der Waals surface area contributed by atoms with Gasteiger partial charge in [0, 0.05) is 39.3 Å². The molecule has 1 aliphatic heterocycles. The topological polar surface area (TPSA) is 86.9 Å². The van der Waals surface area contributed by atoms with Crippen molar-refractivity contribution in [2.45, 2.75) is 12.3 Å². The summed E-state index contributed by atoms with van der Waals surface area (Å²) >= 11 is 0. The summed E-state index contributed by atoms with van der Waals surface area (Å²) in [6, 6.07) is 7.37. The molecule has 0 bridgehead atoms. The van der Waals surface area contributed by atoms with Gasteiger partial charge in [0.2, 0.25) is 10.0 Å². The molecule has 1 saturated heterocycles. The number of nitrogens with zero attached hydrogens (tertiary/aromatic N) is 2. The lowest BCUT2D eigenvalue weighted by atomic mass is 10.1. The van der Waals surface area contributed by atoms with E-state index in [4.69, 9.17) is 10.8 Å². The van der Waals surface area contributed by atoms with E-state index >= 15 is 0 Å². The summed E-state index contributed by atoms with van der Waals surface area (Å²) in [5.74, 6) is 0.0256. The van der Waals surface area contributed by atoms with Crippen molar-refractivity contribution < 1.29 is 13.5 Å². The Hall–Kier alpha value is -0.990. The maximum Gasteiger partial charge on any atom is 0.218 e. The van der Waals surface area contributed by atoms with Crippen LogP contribution in [0.4, 0.5) is 0 Å². The molecule has 7 heteroatoms. The molecule has 0 unspecified atom stereocenters. The molecule has 3 N–H and O–H groups in total. The highest BCUT2D eigenvalue weighted by molar-refractivity contribution is 7.88. The molecule has 1 aromatic rings. The van der Waals surface area contributed by atoms with E-state index in [1.807, 2.05) is 24.3 Å². The van der Waals surface area contributed by atoms with Crippen molar-refractivity contribution in [2.24, 2.45) is 5.73 Å². The maximum absolute atomic E-state index is 12.4. The van der Waals surface area contributed by atoms with Crippen molar-refractivity contribution in [2.75, 3.05) is 39.3 Å². The van der Waals surface area contributed by atoms with Crippen molar-refractivity contribution in [3.8, 4) is 0 Å². The van der Waals surface area contributed by atoms with Crippen LogP contribution < -0.4 is 5.73 Å². The van der Waals surface area contributed by atoms with Gasteiger partial charge in [-0.2, -0.15) is 4.31 Å². The van der Waals surface area contributed by atoms with E-state index in [0.717, 1.165) is 11.1 Å². The predicted octanol–water partition coefficient (Wildman–Crippen LogP) is -0.415. The van der Waals surface area contributed by atoms with Crippen LogP contribution in [0.15, 0.2) is 24.3 Å². The first kappa shape index (κ1) is 16.4. The summed E-state index contributed by atoms with van der Waals surface area (Å²) in [6.07, 6.45) is 0. The second-order valence-corrected chi connectivity index (χ2v) is 7.21. The number of benzene rings is 1. The molecule has 0 radical (unpaired) electrons. The van der Waals surface area contributed by atoms with Crippen LogP contribution in [0.3, 0.4) is 0 Å². The number of sulfonamides is 1. The third-order valence-electron chi connectivity index (χ3n) is 3.75. The first-order valence-corrected chi connectivity index (χ1v) is 8.75. The zero-order valence-electron chi connectivity index (χ0n) is 12.1. The average molecular weight is 313 g/mol. The molecule has 0 aliphatic carbocycles. The second-order valence-electron chi connectivity index (χ2n) is 5.24. The molecule has 21 heavy (non-hydrogen) atoms. The molecule has 6 nitrogen and oxygen atoms in total. The van der Waals surface area contributed by atoms with E-state index in [0.29, 0.717) is 39.3 Å². The lowest BCUT2D eigenvalue weighted by molar-refractivity contribution is 0.151. The molecule has 0 amide bonds. The fourth-order valence-electron chi connectivity index (χ4n) is 2.45. The van der Waals surface area contributed by atoms with E-state index in [-0.39, 0.29) is 12.4 Å².